The highest BCUT2D eigenvalue weighted by Crippen LogP contribution is 2.40. The van der Waals surface area contributed by atoms with E-state index >= 15 is 0 Å². The van der Waals surface area contributed by atoms with Gasteiger partial charge in [-0.05, 0) is 49.9 Å². The summed E-state index contributed by atoms with van der Waals surface area (Å²) in [5.41, 5.74) is 0.816. The first-order valence-corrected chi connectivity index (χ1v) is 9.40. The number of carbonyl (C=O) groups is 1. The zero-order valence-corrected chi connectivity index (χ0v) is 15.7. The molecule has 0 saturated heterocycles. The van der Waals surface area contributed by atoms with E-state index in [1.807, 2.05) is 22.9 Å². The van der Waals surface area contributed by atoms with Crippen molar-refractivity contribution in [3.8, 4) is 11.4 Å². The lowest BCUT2D eigenvalue weighted by Gasteiger charge is -2.15. The third-order valence-corrected chi connectivity index (χ3v) is 5.02. The second-order valence-electron chi connectivity index (χ2n) is 6.81. The number of aromatic nitrogens is 4. The van der Waals surface area contributed by atoms with E-state index < -0.39 is 0 Å². The van der Waals surface area contributed by atoms with Gasteiger partial charge < -0.3 is 9.84 Å². The van der Waals surface area contributed by atoms with Crippen LogP contribution in [0.1, 0.15) is 38.1 Å². The van der Waals surface area contributed by atoms with Gasteiger partial charge in [-0.1, -0.05) is 16.8 Å². The van der Waals surface area contributed by atoms with Crippen molar-refractivity contribution in [3.63, 3.8) is 0 Å². The van der Waals surface area contributed by atoms with E-state index in [1.54, 1.807) is 18.3 Å². The van der Waals surface area contributed by atoms with Crippen LogP contribution in [0, 0.1) is 5.92 Å². The second kappa shape index (κ2) is 7.52. The minimum atomic E-state index is -0.106. The molecular formula is C19H20ClN5O2. The molecular weight excluding hydrogens is 366 g/mol. The summed E-state index contributed by atoms with van der Waals surface area (Å²) in [6.07, 6.45) is 4.79. The second-order valence-corrected chi connectivity index (χ2v) is 7.24. The van der Waals surface area contributed by atoms with Crippen molar-refractivity contribution in [1.82, 2.24) is 19.9 Å². The normalized spacial score (nSPS) is 14.9. The molecule has 2 aromatic heterocycles. The van der Waals surface area contributed by atoms with Crippen molar-refractivity contribution in [3.05, 3.63) is 47.4 Å². The molecule has 0 aliphatic heterocycles. The number of aryl methyl sites for hydroxylation is 1. The number of anilines is 1. The number of rotatable bonds is 7. The fourth-order valence-electron chi connectivity index (χ4n) is 3.01. The summed E-state index contributed by atoms with van der Waals surface area (Å²) in [6.45, 7) is 2.14. The Morgan fingerprint density at radius 1 is 1.33 bits per heavy atom. The molecule has 1 amide bonds. The number of amides is 1. The fraction of sp³-hybridized carbons (Fsp3) is 0.368. The van der Waals surface area contributed by atoms with Crippen molar-refractivity contribution in [1.29, 1.82) is 0 Å². The Morgan fingerprint density at radius 2 is 2.11 bits per heavy atom. The van der Waals surface area contributed by atoms with Crippen molar-refractivity contribution < 1.29 is 9.32 Å². The lowest BCUT2D eigenvalue weighted by atomic mass is 10.2. The van der Waals surface area contributed by atoms with Crippen LogP contribution in [-0.2, 0) is 11.2 Å². The summed E-state index contributed by atoms with van der Waals surface area (Å²) < 4.78 is 7.13. The molecule has 7 nitrogen and oxygen atoms in total. The van der Waals surface area contributed by atoms with Gasteiger partial charge in [0.15, 0.2) is 0 Å². The Bertz CT molecular complexity index is 930. The highest BCUT2D eigenvalue weighted by molar-refractivity contribution is 6.30. The number of nitrogens with zero attached hydrogens (tertiary/aromatic N) is 4. The van der Waals surface area contributed by atoms with Crippen LogP contribution < -0.4 is 5.32 Å². The average molecular weight is 386 g/mol. The highest BCUT2D eigenvalue weighted by Gasteiger charge is 2.30. The van der Waals surface area contributed by atoms with E-state index in [1.165, 1.54) is 12.8 Å². The molecule has 8 heteroatoms. The third kappa shape index (κ3) is 4.19. The van der Waals surface area contributed by atoms with Gasteiger partial charge in [-0.15, -0.1) is 0 Å². The number of benzene rings is 1. The van der Waals surface area contributed by atoms with Crippen molar-refractivity contribution >= 4 is 23.3 Å². The molecule has 0 spiro atoms. The maximum Gasteiger partial charge on any atom is 0.227 e. The summed E-state index contributed by atoms with van der Waals surface area (Å²) in [7, 11) is 0. The monoisotopic (exact) mass is 385 g/mol. The van der Waals surface area contributed by atoms with Gasteiger partial charge in [0, 0.05) is 29.5 Å². The summed E-state index contributed by atoms with van der Waals surface area (Å²) in [5.74, 6) is 2.19. The van der Waals surface area contributed by atoms with E-state index in [2.05, 4.69) is 27.5 Å². The molecule has 1 unspecified atom stereocenters. The van der Waals surface area contributed by atoms with E-state index in [0.717, 1.165) is 11.4 Å². The Morgan fingerprint density at radius 3 is 2.85 bits per heavy atom. The number of carbonyl (C=O) groups excluding carboxylic acids is 1. The minimum Gasteiger partial charge on any atom is -0.339 e. The first-order valence-electron chi connectivity index (χ1n) is 9.02. The van der Waals surface area contributed by atoms with Crippen molar-refractivity contribution in [2.45, 2.75) is 38.6 Å². The van der Waals surface area contributed by atoms with Crippen LogP contribution in [0.15, 0.2) is 41.1 Å². The molecule has 1 aliphatic carbocycles. The van der Waals surface area contributed by atoms with Crippen LogP contribution in [0.2, 0.25) is 5.02 Å². The van der Waals surface area contributed by atoms with Crippen LogP contribution in [0.5, 0.6) is 0 Å². The molecule has 140 valence electrons. The number of hydrogen-bond donors (Lipinski definition) is 1. The molecule has 27 heavy (non-hydrogen) atoms. The van der Waals surface area contributed by atoms with Crippen LogP contribution in [-0.4, -0.2) is 25.8 Å². The Balaban J connectivity index is 1.33. The van der Waals surface area contributed by atoms with Gasteiger partial charge in [-0.3, -0.25) is 4.79 Å². The van der Waals surface area contributed by atoms with Gasteiger partial charge in [0.25, 0.3) is 0 Å². The van der Waals surface area contributed by atoms with Crippen LogP contribution >= 0.6 is 11.6 Å². The Hall–Kier alpha value is -2.67. The molecule has 1 atom stereocenters. The molecule has 0 radical (unpaired) electrons. The zero-order chi connectivity index (χ0) is 18.8. The fourth-order valence-corrected chi connectivity index (χ4v) is 3.14. The Kier molecular flexibility index (Phi) is 4.94. The molecule has 0 bridgehead atoms. The lowest BCUT2D eigenvalue weighted by molar-refractivity contribution is -0.116. The summed E-state index contributed by atoms with van der Waals surface area (Å²) in [5, 5.41) is 11.9. The summed E-state index contributed by atoms with van der Waals surface area (Å²) in [6, 6.07) is 9.31. The quantitative estimate of drug-likeness (QED) is 0.660. The van der Waals surface area contributed by atoms with Gasteiger partial charge in [-0.25, -0.2) is 4.68 Å². The molecule has 2 heterocycles. The molecule has 1 aromatic carbocycles. The van der Waals surface area contributed by atoms with E-state index in [4.69, 9.17) is 16.1 Å². The predicted molar refractivity (Wildman–Crippen MR) is 101 cm³/mol. The van der Waals surface area contributed by atoms with Crippen molar-refractivity contribution in [2.75, 3.05) is 5.32 Å². The van der Waals surface area contributed by atoms with E-state index in [9.17, 15) is 4.79 Å². The number of hydrogen-bond acceptors (Lipinski definition) is 5. The molecule has 1 saturated carbocycles. The smallest absolute Gasteiger partial charge is 0.227 e. The van der Waals surface area contributed by atoms with E-state index in [0.29, 0.717) is 35.1 Å². The maximum absolute atomic E-state index is 12.3. The molecule has 1 fully saturated rings. The summed E-state index contributed by atoms with van der Waals surface area (Å²) >= 11 is 5.88. The standard InChI is InChI=1S/C19H20ClN5O2/c1-12(13-2-3-13)25-16(10-11-21-25)22-17(26)8-9-18-23-19(24-27-18)14-4-6-15(20)7-5-14/h4-7,10-13H,2-3,8-9H2,1H3,(H,22,26). The third-order valence-electron chi connectivity index (χ3n) is 4.76. The maximum atomic E-state index is 12.3. The first-order chi connectivity index (χ1) is 13.1. The zero-order valence-electron chi connectivity index (χ0n) is 14.9. The first kappa shape index (κ1) is 17.7. The van der Waals surface area contributed by atoms with Crippen molar-refractivity contribution in [2.24, 2.45) is 5.92 Å². The van der Waals surface area contributed by atoms with Crippen LogP contribution in [0.4, 0.5) is 5.82 Å². The average Bonchev–Trinajstić information content (AvgIpc) is 3.23. The minimum absolute atomic E-state index is 0.106. The van der Waals surface area contributed by atoms with Crippen LogP contribution in [0.25, 0.3) is 11.4 Å². The largest absolute Gasteiger partial charge is 0.339 e. The van der Waals surface area contributed by atoms with Gasteiger partial charge >= 0.3 is 0 Å². The predicted octanol–water partition coefficient (Wildman–Crippen LogP) is 4.13. The van der Waals surface area contributed by atoms with Crippen LogP contribution in [0.3, 0.4) is 0 Å². The van der Waals surface area contributed by atoms with Gasteiger partial charge in [0.2, 0.25) is 17.6 Å². The van der Waals surface area contributed by atoms with Gasteiger partial charge in [-0.2, -0.15) is 10.1 Å². The molecule has 4 rings (SSSR count). The van der Waals surface area contributed by atoms with E-state index in [-0.39, 0.29) is 12.3 Å². The Labute approximate surface area is 161 Å². The number of nitrogens with one attached hydrogen (secondary N) is 1. The molecule has 3 aromatic rings. The molecule has 1 N–H and O–H groups in total. The highest BCUT2D eigenvalue weighted by atomic mass is 35.5. The molecule has 1 aliphatic rings. The summed E-state index contributed by atoms with van der Waals surface area (Å²) in [4.78, 5) is 16.6. The SMILES string of the molecule is CC(C1CC1)n1nccc1NC(=O)CCc1nc(-c2ccc(Cl)cc2)no1. The van der Waals surface area contributed by atoms with Gasteiger partial charge in [0.05, 0.1) is 12.2 Å². The lowest BCUT2D eigenvalue weighted by Crippen LogP contribution is -2.18. The topological polar surface area (TPSA) is 85.8 Å². The van der Waals surface area contributed by atoms with Gasteiger partial charge in [0.1, 0.15) is 5.82 Å². The number of halogens is 1.